The Balaban J connectivity index is 2.07. The number of carbonyl (C=O) groups is 1. The Kier molecular flexibility index (Phi) is 5.01. The van der Waals surface area contributed by atoms with Gasteiger partial charge in [-0.05, 0) is 54.9 Å². The summed E-state index contributed by atoms with van der Waals surface area (Å²) in [6, 6.07) is 8.68. The summed E-state index contributed by atoms with van der Waals surface area (Å²) in [5, 5.41) is 8.79. The molecule has 3 atom stereocenters. The summed E-state index contributed by atoms with van der Waals surface area (Å²) in [7, 11) is 0. The van der Waals surface area contributed by atoms with E-state index in [0.717, 1.165) is 12.8 Å². The Morgan fingerprint density at radius 2 is 1.95 bits per heavy atom. The maximum atomic E-state index is 12.3. The minimum Gasteiger partial charge on any atom is -0.458 e. The Hall–Kier alpha value is -1.82. The van der Waals surface area contributed by atoms with Crippen molar-refractivity contribution in [1.82, 2.24) is 0 Å². The molecule has 1 saturated carbocycles. The largest absolute Gasteiger partial charge is 0.458 e. The van der Waals surface area contributed by atoms with E-state index in [1.807, 2.05) is 0 Å². The second-order valence-electron chi connectivity index (χ2n) is 6.46. The summed E-state index contributed by atoms with van der Waals surface area (Å²) < 4.78 is 5.77. The van der Waals surface area contributed by atoms with Crippen LogP contribution < -0.4 is 0 Å². The zero-order valence-corrected chi connectivity index (χ0v) is 13.0. The second-order valence-corrected chi connectivity index (χ2v) is 6.46. The molecule has 1 aliphatic carbocycles. The molecule has 1 fully saturated rings. The molecule has 0 spiro atoms. The molecule has 21 heavy (non-hydrogen) atoms. The Morgan fingerprint density at radius 1 is 1.29 bits per heavy atom. The minimum absolute atomic E-state index is 0.0110. The van der Waals surface area contributed by atoms with Gasteiger partial charge in [-0.3, -0.25) is 0 Å². The Labute approximate surface area is 126 Å². The molecule has 112 valence electrons. The highest BCUT2D eigenvalue weighted by Gasteiger charge is 2.33. The smallest absolute Gasteiger partial charge is 0.338 e. The third-order valence-electron chi connectivity index (χ3n) is 4.47. The molecule has 0 unspecified atom stereocenters. The SMILES string of the molecule is CC(C)[C@@H]1CC[C@@H](C)C[C@@H]1OC(=O)c1ccc(C#N)cc1. The Morgan fingerprint density at radius 3 is 2.52 bits per heavy atom. The van der Waals surface area contributed by atoms with Crippen LogP contribution in [0.3, 0.4) is 0 Å². The van der Waals surface area contributed by atoms with E-state index in [0.29, 0.717) is 28.9 Å². The summed E-state index contributed by atoms with van der Waals surface area (Å²) in [5.41, 5.74) is 1.08. The standard InChI is InChI=1S/C18H23NO2/c1-12(2)16-9-4-13(3)10-17(16)21-18(20)15-7-5-14(11-19)6-8-15/h5-8,12-13,16-17H,4,9-10H2,1-3H3/t13-,16+,17+/m1/s1. The molecular formula is C18H23NO2. The third-order valence-corrected chi connectivity index (χ3v) is 4.47. The lowest BCUT2D eigenvalue weighted by Crippen LogP contribution is -2.35. The lowest BCUT2D eigenvalue weighted by Gasteiger charge is -2.36. The summed E-state index contributed by atoms with van der Waals surface area (Å²) in [6.07, 6.45) is 3.31. The molecule has 0 N–H and O–H groups in total. The Bertz CT molecular complexity index is 527. The predicted molar refractivity (Wildman–Crippen MR) is 81.7 cm³/mol. The highest BCUT2D eigenvalue weighted by atomic mass is 16.5. The van der Waals surface area contributed by atoms with Crippen LogP contribution in [-0.2, 0) is 4.74 Å². The van der Waals surface area contributed by atoms with Crippen LogP contribution in [0, 0.1) is 29.1 Å². The maximum absolute atomic E-state index is 12.3. The number of benzene rings is 1. The lowest BCUT2D eigenvalue weighted by molar-refractivity contribution is -0.0174. The van der Waals surface area contributed by atoms with Crippen LogP contribution in [0.5, 0.6) is 0 Å². The number of nitrogens with zero attached hydrogens (tertiary/aromatic N) is 1. The van der Waals surface area contributed by atoms with Crippen LogP contribution >= 0.6 is 0 Å². The highest BCUT2D eigenvalue weighted by Crippen LogP contribution is 2.35. The van der Waals surface area contributed by atoms with Gasteiger partial charge in [0, 0.05) is 0 Å². The molecule has 1 aromatic rings. The summed E-state index contributed by atoms with van der Waals surface area (Å²) >= 11 is 0. The quantitative estimate of drug-likeness (QED) is 0.783. The van der Waals surface area contributed by atoms with E-state index in [1.165, 1.54) is 6.42 Å². The fourth-order valence-corrected chi connectivity index (χ4v) is 3.14. The second kappa shape index (κ2) is 6.76. The number of rotatable bonds is 3. The van der Waals surface area contributed by atoms with E-state index >= 15 is 0 Å². The van der Waals surface area contributed by atoms with Crippen LogP contribution in [0.2, 0.25) is 0 Å². The number of esters is 1. The number of hydrogen-bond donors (Lipinski definition) is 0. The first-order valence-corrected chi connectivity index (χ1v) is 7.72. The van der Waals surface area contributed by atoms with Crippen LogP contribution in [0.4, 0.5) is 0 Å². The van der Waals surface area contributed by atoms with E-state index in [-0.39, 0.29) is 12.1 Å². The molecule has 0 heterocycles. The van der Waals surface area contributed by atoms with Gasteiger partial charge in [-0.2, -0.15) is 5.26 Å². The van der Waals surface area contributed by atoms with Crippen molar-refractivity contribution in [1.29, 1.82) is 5.26 Å². The van der Waals surface area contributed by atoms with Crippen molar-refractivity contribution in [3.8, 4) is 6.07 Å². The summed E-state index contributed by atoms with van der Waals surface area (Å²) in [4.78, 5) is 12.3. The predicted octanol–water partition coefficient (Wildman–Crippen LogP) is 4.18. The van der Waals surface area contributed by atoms with E-state index in [4.69, 9.17) is 10.00 Å². The van der Waals surface area contributed by atoms with Crippen molar-refractivity contribution < 1.29 is 9.53 Å². The topological polar surface area (TPSA) is 50.1 Å². The van der Waals surface area contributed by atoms with Crippen LogP contribution in [0.1, 0.15) is 56.0 Å². The average molecular weight is 285 g/mol. The molecule has 3 heteroatoms. The summed E-state index contributed by atoms with van der Waals surface area (Å²) in [6.45, 7) is 6.62. The van der Waals surface area contributed by atoms with Crippen LogP contribution in [-0.4, -0.2) is 12.1 Å². The van der Waals surface area contributed by atoms with Crippen molar-refractivity contribution >= 4 is 5.97 Å². The molecule has 0 saturated heterocycles. The van der Waals surface area contributed by atoms with Crippen LogP contribution in [0.25, 0.3) is 0 Å². The molecule has 0 aliphatic heterocycles. The van der Waals surface area contributed by atoms with Gasteiger partial charge in [0.2, 0.25) is 0 Å². The molecule has 0 aromatic heterocycles. The minimum atomic E-state index is -0.274. The van der Waals surface area contributed by atoms with Gasteiger partial charge in [0.1, 0.15) is 6.10 Å². The third kappa shape index (κ3) is 3.85. The molecular weight excluding hydrogens is 262 g/mol. The zero-order valence-electron chi connectivity index (χ0n) is 13.0. The van der Waals surface area contributed by atoms with Crippen molar-refractivity contribution in [2.45, 2.75) is 46.1 Å². The van der Waals surface area contributed by atoms with Crippen LogP contribution in [0.15, 0.2) is 24.3 Å². The van der Waals surface area contributed by atoms with E-state index in [2.05, 4.69) is 26.8 Å². The van der Waals surface area contributed by atoms with Crippen molar-refractivity contribution in [3.63, 3.8) is 0 Å². The van der Waals surface area contributed by atoms with Gasteiger partial charge in [0.05, 0.1) is 17.2 Å². The first kappa shape index (κ1) is 15.6. The van der Waals surface area contributed by atoms with Gasteiger partial charge in [-0.15, -0.1) is 0 Å². The summed E-state index contributed by atoms with van der Waals surface area (Å²) in [5.74, 6) is 1.31. The molecule has 0 bridgehead atoms. The van der Waals surface area contributed by atoms with Gasteiger partial charge >= 0.3 is 5.97 Å². The number of ether oxygens (including phenoxy) is 1. The van der Waals surface area contributed by atoms with E-state index in [9.17, 15) is 4.79 Å². The first-order chi connectivity index (χ1) is 10.0. The van der Waals surface area contributed by atoms with E-state index in [1.54, 1.807) is 24.3 Å². The van der Waals surface area contributed by atoms with Crippen molar-refractivity contribution in [2.24, 2.45) is 17.8 Å². The number of carbonyl (C=O) groups excluding carboxylic acids is 1. The average Bonchev–Trinajstić information content (AvgIpc) is 2.47. The first-order valence-electron chi connectivity index (χ1n) is 7.72. The lowest BCUT2D eigenvalue weighted by atomic mass is 9.75. The fraction of sp³-hybridized carbons (Fsp3) is 0.556. The normalized spacial score (nSPS) is 25.4. The molecule has 1 aromatic carbocycles. The highest BCUT2D eigenvalue weighted by molar-refractivity contribution is 5.89. The zero-order chi connectivity index (χ0) is 15.4. The van der Waals surface area contributed by atoms with Gasteiger partial charge in [-0.1, -0.05) is 27.2 Å². The molecule has 2 rings (SSSR count). The van der Waals surface area contributed by atoms with Gasteiger partial charge < -0.3 is 4.74 Å². The van der Waals surface area contributed by atoms with Crippen molar-refractivity contribution in [3.05, 3.63) is 35.4 Å². The fourth-order valence-electron chi connectivity index (χ4n) is 3.14. The number of nitriles is 1. The van der Waals surface area contributed by atoms with Crippen molar-refractivity contribution in [2.75, 3.05) is 0 Å². The number of hydrogen-bond acceptors (Lipinski definition) is 3. The molecule has 0 amide bonds. The van der Waals surface area contributed by atoms with Gasteiger partial charge in [0.25, 0.3) is 0 Å². The maximum Gasteiger partial charge on any atom is 0.338 e. The van der Waals surface area contributed by atoms with E-state index < -0.39 is 0 Å². The monoisotopic (exact) mass is 285 g/mol. The molecule has 0 radical (unpaired) electrons. The van der Waals surface area contributed by atoms with Gasteiger partial charge in [0.15, 0.2) is 0 Å². The molecule has 3 nitrogen and oxygen atoms in total. The van der Waals surface area contributed by atoms with Gasteiger partial charge in [-0.25, -0.2) is 4.79 Å². The molecule has 1 aliphatic rings.